The van der Waals surface area contributed by atoms with E-state index in [1.807, 2.05) is 32.0 Å². The third-order valence-corrected chi connectivity index (χ3v) is 14.3. The quantitative estimate of drug-likeness (QED) is 0.0815. The highest BCUT2D eigenvalue weighted by Crippen LogP contribution is 2.52. The van der Waals surface area contributed by atoms with Crippen LogP contribution in [0.5, 0.6) is 5.75 Å². The van der Waals surface area contributed by atoms with Gasteiger partial charge in [-0.25, -0.2) is 0 Å². The van der Waals surface area contributed by atoms with Gasteiger partial charge in [-0.1, -0.05) is 68.5 Å². The Balaban J connectivity index is 0.000000523. The minimum atomic E-state index is -0.214. The SMILES string of the molecule is C=O.CCCCC=O.CNC=O.CNCCC1(CCCOCCN2CCC(c3ccc4c(c3)C3(CCCCC3)c3nc(=O)c5c(Cl)cccc5n3-4)CC2)COc2c1ccc1c2CNC1=O. The first-order valence-corrected chi connectivity index (χ1v) is 23.9. The lowest BCUT2D eigenvalue weighted by atomic mass is 9.69. The maximum Gasteiger partial charge on any atom is 0.282 e. The summed E-state index contributed by atoms with van der Waals surface area (Å²) in [5.74, 6) is 2.35. The van der Waals surface area contributed by atoms with Gasteiger partial charge in [-0.15, -0.1) is 0 Å². The van der Waals surface area contributed by atoms with Crippen molar-refractivity contribution in [2.24, 2.45) is 0 Å². The van der Waals surface area contributed by atoms with E-state index in [1.54, 1.807) is 13.1 Å². The number of aldehydes is 1. The summed E-state index contributed by atoms with van der Waals surface area (Å²) in [6, 6.07) is 16.9. The summed E-state index contributed by atoms with van der Waals surface area (Å²) < 4.78 is 14.8. The summed E-state index contributed by atoms with van der Waals surface area (Å²) >= 11 is 6.56. The molecule has 9 rings (SSSR count). The van der Waals surface area contributed by atoms with Crippen LogP contribution in [0.3, 0.4) is 0 Å². The van der Waals surface area contributed by atoms with E-state index in [1.165, 1.54) is 23.1 Å². The Bertz CT molecular complexity index is 2320. The third kappa shape index (κ3) is 10.5. The van der Waals surface area contributed by atoms with E-state index in [2.05, 4.69) is 56.6 Å². The van der Waals surface area contributed by atoms with Crippen molar-refractivity contribution >= 4 is 47.9 Å². The first-order chi connectivity index (χ1) is 31.7. The second kappa shape index (κ2) is 23.5. The number of hydrogen-bond acceptors (Lipinski definition) is 10. The molecule has 1 aromatic heterocycles. The molecule has 4 aromatic rings. The van der Waals surface area contributed by atoms with Gasteiger partial charge in [-0.05, 0) is 119 Å². The van der Waals surface area contributed by atoms with Crippen LogP contribution in [0.2, 0.25) is 5.02 Å². The molecule has 1 atom stereocenters. The van der Waals surface area contributed by atoms with E-state index in [-0.39, 0.29) is 22.3 Å². The summed E-state index contributed by atoms with van der Waals surface area (Å²) in [7, 11) is 3.56. The number of rotatable bonds is 15. The highest BCUT2D eigenvalue weighted by molar-refractivity contribution is 6.35. The number of hydrogen-bond donors (Lipinski definition) is 3. The van der Waals surface area contributed by atoms with E-state index in [0.717, 1.165) is 157 Å². The number of halogens is 1. The Hall–Kier alpha value is -4.95. The highest BCUT2D eigenvalue weighted by Gasteiger charge is 2.47. The van der Waals surface area contributed by atoms with Crippen molar-refractivity contribution in [3.63, 3.8) is 0 Å². The first-order valence-electron chi connectivity index (χ1n) is 23.5. The lowest BCUT2D eigenvalue weighted by molar-refractivity contribution is -0.109. The summed E-state index contributed by atoms with van der Waals surface area (Å²) in [6.07, 6.45) is 15.3. The zero-order chi connectivity index (χ0) is 46.4. The largest absolute Gasteiger partial charge is 0.492 e. The van der Waals surface area contributed by atoms with Gasteiger partial charge in [0.25, 0.3) is 11.5 Å². The molecule has 1 aliphatic carbocycles. The topological polar surface area (TPSA) is 161 Å². The Morgan fingerprint density at radius 3 is 2.45 bits per heavy atom. The van der Waals surface area contributed by atoms with Gasteiger partial charge >= 0.3 is 0 Å². The number of carbonyl (C=O) groups is 4. The van der Waals surface area contributed by atoms with E-state index in [4.69, 9.17) is 35.6 Å². The van der Waals surface area contributed by atoms with E-state index < -0.39 is 0 Å². The van der Waals surface area contributed by atoms with Crippen LogP contribution >= 0.6 is 11.6 Å². The van der Waals surface area contributed by atoms with Crippen LogP contribution in [0, 0.1) is 0 Å². The predicted octanol–water partition coefficient (Wildman–Crippen LogP) is 7.32. The monoisotopic (exact) mass is 910 g/mol. The van der Waals surface area contributed by atoms with Gasteiger partial charge in [-0.2, -0.15) is 4.98 Å². The summed E-state index contributed by atoms with van der Waals surface area (Å²) in [4.78, 5) is 59.5. The molecular formula is C51H67ClN6O7. The van der Waals surface area contributed by atoms with E-state index >= 15 is 0 Å². The molecular weight excluding hydrogens is 844 g/mol. The molecule has 1 unspecified atom stereocenters. The van der Waals surface area contributed by atoms with Crippen molar-refractivity contribution in [3.05, 3.63) is 97.5 Å². The van der Waals surface area contributed by atoms with Crippen LogP contribution < -0.4 is 26.2 Å². The molecule has 3 N–H and O–H groups in total. The second-order valence-electron chi connectivity index (χ2n) is 17.8. The molecule has 0 radical (unpaired) electrons. The van der Waals surface area contributed by atoms with Crippen LogP contribution in [-0.4, -0.2) is 99.9 Å². The minimum Gasteiger partial charge on any atom is -0.492 e. The van der Waals surface area contributed by atoms with Gasteiger partial charge < -0.3 is 39.9 Å². The molecule has 1 saturated heterocycles. The second-order valence-corrected chi connectivity index (χ2v) is 18.2. The van der Waals surface area contributed by atoms with Crippen molar-refractivity contribution < 1.29 is 28.7 Å². The van der Waals surface area contributed by atoms with E-state index in [0.29, 0.717) is 35.9 Å². The van der Waals surface area contributed by atoms with E-state index in [9.17, 15) is 14.4 Å². The number of amides is 2. The molecule has 1 spiro atoms. The number of aromatic nitrogens is 2. The normalized spacial score (nSPS) is 18.9. The minimum absolute atomic E-state index is 0.00292. The maximum atomic E-state index is 13.4. The average molecular weight is 912 g/mol. The molecule has 2 fully saturated rings. The maximum absolute atomic E-state index is 13.4. The Morgan fingerprint density at radius 1 is 0.985 bits per heavy atom. The number of likely N-dealkylation sites (tertiary alicyclic amines) is 1. The molecule has 0 bridgehead atoms. The third-order valence-electron chi connectivity index (χ3n) is 14.0. The lowest BCUT2D eigenvalue weighted by Crippen LogP contribution is -2.35. The van der Waals surface area contributed by atoms with Gasteiger partial charge in [0.05, 0.1) is 40.2 Å². The fraction of sp³-hybridized carbons (Fsp3) is 0.529. The Kier molecular flexibility index (Phi) is 17.9. The van der Waals surface area contributed by atoms with Gasteiger partial charge in [0.1, 0.15) is 24.6 Å². The number of ether oxygens (including phenoxy) is 2. The fourth-order valence-corrected chi connectivity index (χ4v) is 10.8. The lowest BCUT2D eigenvalue weighted by Gasteiger charge is -2.35. The van der Waals surface area contributed by atoms with Crippen LogP contribution in [-0.2, 0) is 36.5 Å². The van der Waals surface area contributed by atoms with Crippen LogP contribution in [0.25, 0.3) is 16.6 Å². The van der Waals surface area contributed by atoms with Gasteiger partial charge in [0.15, 0.2) is 0 Å². The molecule has 14 heteroatoms. The molecule has 350 valence electrons. The van der Waals surface area contributed by atoms with Crippen molar-refractivity contribution in [3.8, 4) is 11.4 Å². The molecule has 3 aromatic carbocycles. The van der Waals surface area contributed by atoms with Gasteiger partial charge in [0, 0.05) is 55.3 Å². The first kappa shape index (κ1) is 49.5. The predicted molar refractivity (Wildman–Crippen MR) is 256 cm³/mol. The Morgan fingerprint density at radius 2 is 1.75 bits per heavy atom. The number of carbonyl (C=O) groups excluding carboxylic acids is 4. The molecule has 65 heavy (non-hydrogen) atoms. The summed E-state index contributed by atoms with van der Waals surface area (Å²) in [6.45, 7) is 10.8. The van der Waals surface area contributed by atoms with Gasteiger partial charge in [0.2, 0.25) is 6.41 Å². The molecule has 5 aliphatic rings. The zero-order valence-corrected chi connectivity index (χ0v) is 39.2. The number of nitrogens with zero attached hydrogens (tertiary/aromatic N) is 3. The van der Waals surface area contributed by atoms with Crippen LogP contribution in [0.1, 0.15) is 135 Å². The van der Waals surface area contributed by atoms with Crippen LogP contribution in [0.15, 0.2) is 53.3 Å². The van der Waals surface area contributed by atoms with Crippen molar-refractivity contribution in [2.45, 2.75) is 114 Å². The smallest absolute Gasteiger partial charge is 0.282 e. The van der Waals surface area contributed by atoms with Crippen molar-refractivity contribution in [1.29, 1.82) is 0 Å². The summed E-state index contributed by atoms with van der Waals surface area (Å²) in [5.41, 5.74) is 7.33. The van der Waals surface area contributed by atoms with Gasteiger partial charge in [-0.3, -0.25) is 19.0 Å². The summed E-state index contributed by atoms with van der Waals surface area (Å²) in [5, 5.41) is 9.51. The molecule has 13 nitrogen and oxygen atoms in total. The number of fused-ring (bicyclic) bond motifs is 10. The fourth-order valence-electron chi connectivity index (χ4n) is 10.6. The average Bonchev–Trinajstić information content (AvgIpc) is 3.99. The van der Waals surface area contributed by atoms with Crippen molar-refractivity contribution in [1.82, 2.24) is 30.4 Å². The Labute approximate surface area is 388 Å². The number of benzene rings is 3. The molecule has 4 aliphatic heterocycles. The molecule has 1 saturated carbocycles. The van der Waals surface area contributed by atoms with Crippen LogP contribution in [0.4, 0.5) is 0 Å². The number of unbranched alkanes of at least 4 members (excludes halogenated alkanes) is 2. The zero-order valence-electron chi connectivity index (χ0n) is 38.5. The van der Waals surface area contributed by atoms with Crippen molar-refractivity contribution in [2.75, 3.05) is 60.1 Å². The molecule has 5 heterocycles. The highest BCUT2D eigenvalue weighted by atomic mass is 35.5. The number of piperidine rings is 1. The standard InChI is InChI=1S/C43H50ClN5O4.C5H10O.C2H5NO.CH2O/c1-45-19-18-42(27-53-38-31-26-46-39(50)30(31)10-11-32(38)42)15-6-23-52-24-22-48-20-13-28(14-21-48)29-9-12-35-33(25-29)43(16-3-2-4-17-43)41-47-40(51)37-34(44)7-5-8-36(37)49(35)41;1-2-3-4-5-6;1-3-2-4;1-2/h5,7-12,25,28,45H,2-4,6,13-24,26-27H2,1H3,(H,46,50);5H,2-4H2,1H3;2H,1H3,(H,3,4);1H2. The molecule has 2 amide bonds. The number of nitrogens with one attached hydrogen (secondary N) is 3.